The number of hydrogen-bond acceptors (Lipinski definition) is 9. The highest BCUT2D eigenvalue weighted by molar-refractivity contribution is 7.21. The lowest BCUT2D eigenvalue weighted by Gasteiger charge is -2.12. The molecule has 0 unspecified atom stereocenters. The van der Waals surface area contributed by atoms with Crippen LogP contribution in [0.5, 0.6) is 5.75 Å². The molecule has 2 amide bonds. The third-order valence-electron chi connectivity index (χ3n) is 6.74. The molecule has 0 aliphatic carbocycles. The third kappa shape index (κ3) is 5.70. The third-order valence-corrected chi connectivity index (χ3v) is 7.84. The Morgan fingerprint density at radius 1 is 1.18 bits per heavy atom. The van der Waals surface area contributed by atoms with Gasteiger partial charge in [0.1, 0.15) is 33.5 Å². The Kier molecular flexibility index (Phi) is 7.86. The number of anilines is 1. The number of amides is 2. The van der Waals surface area contributed by atoms with Crippen molar-refractivity contribution in [2.75, 3.05) is 5.32 Å². The van der Waals surface area contributed by atoms with Gasteiger partial charge in [0.05, 0.1) is 16.8 Å². The summed E-state index contributed by atoms with van der Waals surface area (Å²) in [5.74, 6) is -1.40. The topological polar surface area (TPSA) is 168 Å². The minimum absolute atomic E-state index is 0.0606. The number of nitrogens with one attached hydrogen (secondary N) is 1. The number of primary amides is 1. The average molecular weight is 629 g/mol. The summed E-state index contributed by atoms with van der Waals surface area (Å²) in [4.78, 5) is 39.6. The van der Waals surface area contributed by atoms with E-state index in [2.05, 4.69) is 15.4 Å². The lowest BCUT2D eigenvalue weighted by molar-refractivity contribution is -0.385. The summed E-state index contributed by atoms with van der Waals surface area (Å²) in [7, 11) is 0. The molecule has 0 saturated carbocycles. The van der Waals surface area contributed by atoms with Crippen LogP contribution in [0.2, 0.25) is 0 Å². The van der Waals surface area contributed by atoms with Crippen molar-refractivity contribution in [3.05, 3.63) is 86.1 Å². The second-order valence-corrected chi connectivity index (χ2v) is 10.6. The SMILES string of the molecule is CCn1ncc(-c2cc(C(F)(F)F)nc3sc(C(N)=O)c(NC(=O)c4ccc(COc5ccc([N+](=O)[O-])c(C)c5)o4)c23)c1C. The summed E-state index contributed by atoms with van der Waals surface area (Å²) in [6.07, 6.45) is -3.39. The number of furan rings is 1. The molecule has 228 valence electrons. The molecule has 0 bridgehead atoms. The number of pyridine rings is 1. The number of nitro groups is 1. The highest BCUT2D eigenvalue weighted by atomic mass is 32.1. The molecule has 5 rings (SSSR count). The van der Waals surface area contributed by atoms with E-state index in [0.29, 0.717) is 40.5 Å². The van der Waals surface area contributed by atoms with E-state index in [0.717, 1.165) is 6.07 Å². The van der Waals surface area contributed by atoms with Gasteiger partial charge in [0, 0.05) is 34.8 Å². The van der Waals surface area contributed by atoms with Crippen LogP contribution in [0, 0.1) is 24.0 Å². The molecule has 5 aromatic rings. The molecule has 4 heterocycles. The van der Waals surface area contributed by atoms with Crippen LogP contribution in [0.15, 0.2) is 47.0 Å². The highest BCUT2D eigenvalue weighted by Gasteiger charge is 2.35. The van der Waals surface area contributed by atoms with Crippen molar-refractivity contribution in [3.63, 3.8) is 0 Å². The number of nitrogens with two attached hydrogens (primary N) is 1. The van der Waals surface area contributed by atoms with E-state index in [1.807, 2.05) is 6.92 Å². The first kappa shape index (κ1) is 30.2. The van der Waals surface area contributed by atoms with E-state index >= 15 is 0 Å². The zero-order valence-electron chi connectivity index (χ0n) is 23.3. The number of nitrogens with zero attached hydrogens (tertiary/aromatic N) is 4. The van der Waals surface area contributed by atoms with E-state index < -0.39 is 28.6 Å². The highest BCUT2D eigenvalue weighted by Crippen LogP contribution is 2.44. The fourth-order valence-corrected chi connectivity index (χ4v) is 5.62. The molecule has 4 aromatic heterocycles. The number of hydrogen-bond donors (Lipinski definition) is 2. The summed E-state index contributed by atoms with van der Waals surface area (Å²) < 4.78 is 54.3. The van der Waals surface area contributed by atoms with Gasteiger partial charge in [0.2, 0.25) is 0 Å². The van der Waals surface area contributed by atoms with Crippen molar-refractivity contribution in [2.45, 2.75) is 40.1 Å². The summed E-state index contributed by atoms with van der Waals surface area (Å²) in [5, 5.41) is 17.9. The molecule has 16 heteroatoms. The first-order valence-electron chi connectivity index (χ1n) is 12.9. The maximum absolute atomic E-state index is 13.8. The Hall–Kier alpha value is -5.25. The predicted octanol–water partition coefficient (Wildman–Crippen LogP) is 6.25. The molecule has 0 radical (unpaired) electrons. The summed E-state index contributed by atoms with van der Waals surface area (Å²) >= 11 is 0.621. The van der Waals surface area contributed by atoms with Crippen molar-refractivity contribution >= 4 is 44.7 Å². The van der Waals surface area contributed by atoms with Gasteiger partial charge in [-0.1, -0.05) is 0 Å². The number of nitro benzene ring substituents is 1. The molecular formula is C28H23F3N6O6S. The van der Waals surface area contributed by atoms with Gasteiger partial charge in [-0.25, -0.2) is 4.98 Å². The number of rotatable bonds is 9. The Bertz CT molecular complexity index is 1940. The molecule has 0 saturated heterocycles. The normalized spacial score (nSPS) is 11.6. The number of aryl methyl sites for hydroxylation is 2. The molecule has 0 atom stereocenters. The summed E-state index contributed by atoms with van der Waals surface area (Å²) in [6.45, 7) is 5.42. The summed E-state index contributed by atoms with van der Waals surface area (Å²) in [5.41, 5.74) is 5.59. The van der Waals surface area contributed by atoms with Gasteiger partial charge < -0.3 is 20.2 Å². The van der Waals surface area contributed by atoms with Crippen LogP contribution in [0.4, 0.5) is 24.5 Å². The van der Waals surface area contributed by atoms with Crippen molar-refractivity contribution in [3.8, 4) is 16.9 Å². The monoisotopic (exact) mass is 628 g/mol. The van der Waals surface area contributed by atoms with Crippen LogP contribution < -0.4 is 15.8 Å². The Labute approximate surface area is 250 Å². The van der Waals surface area contributed by atoms with Gasteiger partial charge >= 0.3 is 6.18 Å². The average Bonchev–Trinajstić information content (AvgIpc) is 3.68. The molecule has 0 aliphatic heterocycles. The number of thiophene rings is 1. The van der Waals surface area contributed by atoms with Gasteiger partial charge in [-0.05, 0) is 56.7 Å². The largest absolute Gasteiger partial charge is 0.486 e. The fraction of sp³-hybridized carbons (Fsp3) is 0.214. The van der Waals surface area contributed by atoms with Gasteiger partial charge in [0.15, 0.2) is 5.76 Å². The molecule has 44 heavy (non-hydrogen) atoms. The number of ether oxygens (including phenoxy) is 1. The number of alkyl halides is 3. The van der Waals surface area contributed by atoms with Gasteiger partial charge in [-0.15, -0.1) is 11.3 Å². The van der Waals surface area contributed by atoms with Crippen LogP contribution in [-0.4, -0.2) is 31.5 Å². The molecular weight excluding hydrogens is 605 g/mol. The zero-order chi connectivity index (χ0) is 31.9. The van der Waals surface area contributed by atoms with E-state index in [1.54, 1.807) is 18.5 Å². The minimum Gasteiger partial charge on any atom is -0.486 e. The van der Waals surface area contributed by atoms with Crippen LogP contribution in [-0.2, 0) is 19.3 Å². The molecule has 1 aromatic carbocycles. The van der Waals surface area contributed by atoms with Crippen molar-refractivity contribution in [2.24, 2.45) is 5.73 Å². The second kappa shape index (κ2) is 11.4. The second-order valence-electron chi connectivity index (χ2n) is 9.58. The number of benzene rings is 1. The predicted molar refractivity (Wildman–Crippen MR) is 154 cm³/mol. The number of carbonyl (C=O) groups is 2. The lowest BCUT2D eigenvalue weighted by Crippen LogP contribution is -2.16. The number of carbonyl (C=O) groups excluding carboxylic acids is 2. The standard InChI is InChI=1S/C28H23F3N6O6S/c1-4-36-14(3)18(11-33-36)17-10-21(28(29,30)31)34-27-22(17)23(24(44-27)25(32)38)35-26(39)20-8-6-16(43-20)12-42-15-5-7-19(37(40)41)13(2)9-15/h5-11H,4,12H2,1-3H3,(H2,32,38)(H,35,39). The minimum atomic E-state index is -4.79. The maximum Gasteiger partial charge on any atom is 0.433 e. The lowest BCUT2D eigenvalue weighted by atomic mass is 10.0. The van der Waals surface area contributed by atoms with Crippen LogP contribution >= 0.6 is 11.3 Å². The molecule has 0 fully saturated rings. The van der Waals surface area contributed by atoms with Gasteiger partial charge in [-0.2, -0.15) is 18.3 Å². The quantitative estimate of drug-likeness (QED) is 0.143. The Morgan fingerprint density at radius 2 is 1.93 bits per heavy atom. The van der Waals surface area contributed by atoms with Crippen LogP contribution in [0.1, 0.15) is 49.9 Å². The zero-order valence-corrected chi connectivity index (χ0v) is 24.1. The molecule has 3 N–H and O–H groups in total. The number of aromatic nitrogens is 3. The van der Waals surface area contributed by atoms with E-state index in [1.165, 1.54) is 36.5 Å². The van der Waals surface area contributed by atoms with Crippen molar-refractivity contribution in [1.29, 1.82) is 0 Å². The van der Waals surface area contributed by atoms with Crippen LogP contribution in [0.3, 0.4) is 0 Å². The van der Waals surface area contributed by atoms with Crippen molar-refractivity contribution < 1.29 is 36.8 Å². The summed E-state index contributed by atoms with van der Waals surface area (Å²) in [6, 6.07) is 7.90. The van der Waals surface area contributed by atoms with E-state index in [-0.39, 0.29) is 50.2 Å². The first-order valence-corrected chi connectivity index (χ1v) is 13.7. The number of fused-ring (bicyclic) bond motifs is 1. The Morgan fingerprint density at radius 3 is 2.55 bits per heavy atom. The number of halogens is 3. The fourth-order valence-electron chi connectivity index (χ4n) is 4.61. The smallest absolute Gasteiger partial charge is 0.433 e. The maximum atomic E-state index is 13.8. The van der Waals surface area contributed by atoms with Crippen LogP contribution in [0.25, 0.3) is 21.3 Å². The molecule has 12 nitrogen and oxygen atoms in total. The van der Waals surface area contributed by atoms with Gasteiger partial charge in [0.25, 0.3) is 17.5 Å². The van der Waals surface area contributed by atoms with Crippen molar-refractivity contribution in [1.82, 2.24) is 14.8 Å². The van der Waals surface area contributed by atoms with E-state index in [4.69, 9.17) is 14.9 Å². The molecule has 0 aliphatic rings. The Balaban J connectivity index is 1.49. The molecule has 0 spiro atoms. The van der Waals surface area contributed by atoms with E-state index in [9.17, 15) is 32.9 Å². The first-order chi connectivity index (χ1) is 20.8. The van der Waals surface area contributed by atoms with Gasteiger partial charge in [-0.3, -0.25) is 24.4 Å².